The van der Waals surface area contributed by atoms with Crippen molar-refractivity contribution in [2.45, 2.75) is 0 Å². The summed E-state index contributed by atoms with van der Waals surface area (Å²) in [5.74, 6) is -0.568. The van der Waals surface area contributed by atoms with Crippen LogP contribution in [-0.2, 0) is 4.74 Å². The first kappa shape index (κ1) is 13.7. The van der Waals surface area contributed by atoms with Crippen LogP contribution >= 0.6 is 22.6 Å². The van der Waals surface area contributed by atoms with E-state index in [1.165, 1.54) is 26.4 Å². The number of carbonyl (C=O) groups is 1. The molecule has 0 aliphatic carbocycles. The Morgan fingerprint density at radius 2 is 2.05 bits per heavy atom. The van der Waals surface area contributed by atoms with Crippen molar-refractivity contribution < 1.29 is 23.8 Å². The summed E-state index contributed by atoms with van der Waals surface area (Å²) < 4.78 is 15.0. The van der Waals surface area contributed by atoms with Gasteiger partial charge in [0.1, 0.15) is 17.1 Å². The van der Waals surface area contributed by atoms with Crippen molar-refractivity contribution >= 4 is 39.5 Å². The van der Waals surface area contributed by atoms with Crippen molar-refractivity contribution in [1.29, 1.82) is 0 Å². The van der Waals surface area contributed by atoms with E-state index in [1.54, 1.807) is 0 Å². The number of phenols is 1. The summed E-state index contributed by atoms with van der Waals surface area (Å²) in [7, 11) is 2.58. The maximum Gasteiger partial charge on any atom is 0.351 e. The molecule has 0 fully saturated rings. The second-order valence-corrected chi connectivity index (χ2v) is 4.67. The Hall–Kier alpha value is -1.77. The molecule has 0 bridgehead atoms. The van der Waals surface area contributed by atoms with Gasteiger partial charge in [-0.1, -0.05) is 0 Å². The van der Waals surface area contributed by atoms with Crippen molar-refractivity contribution in [2.24, 2.45) is 0 Å². The maximum absolute atomic E-state index is 11.7. The fourth-order valence-electron chi connectivity index (χ4n) is 1.62. The summed E-state index contributed by atoms with van der Waals surface area (Å²) in [5.41, 5.74) is -0.894. The Balaban J connectivity index is 2.89. The van der Waals surface area contributed by atoms with Gasteiger partial charge in [-0.05, 0) is 28.7 Å². The van der Waals surface area contributed by atoms with Gasteiger partial charge in [-0.3, -0.25) is 0 Å². The molecule has 1 heterocycles. The number of aromatic hydroxyl groups is 1. The van der Waals surface area contributed by atoms with Gasteiger partial charge in [-0.25, -0.2) is 9.59 Å². The summed E-state index contributed by atoms with van der Waals surface area (Å²) in [6.07, 6.45) is 0. The molecular weight excluding hydrogens is 367 g/mol. The highest BCUT2D eigenvalue weighted by Crippen LogP contribution is 2.35. The second-order valence-electron chi connectivity index (χ2n) is 3.59. The molecule has 6 nitrogen and oxygen atoms in total. The minimum absolute atomic E-state index is 0.0704. The molecule has 1 N–H and O–H groups in total. The van der Waals surface area contributed by atoms with E-state index in [4.69, 9.17) is 9.15 Å². The van der Waals surface area contributed by atoms with E-state index in [9.17, 15) is 14.7 Å². The van der Waals surface area contributed by atoms with Crippen molar-refractivity contribution in [3.8, 4) is 11.5 Å². The zero-order valence-corrected chi connectivity index (χ0v) is 12.2. The molecule has 2 rings (SSSR count). The summed E-state index contributed by atoms with van der Waals surface area (Å²) >= 11 is 1.84. The van der Waals surface area contributed by atoms with E-state index in [2.05, 4.69) is 4.74 Å². The smallest absolute Gasteiger partial charge is 0.351 e. The predicted molar refractivity (Wildman–Crippen MR) is 74.8 cm³/mol. The third kappa shape index (κ3) is 2.25. The molecule has 0 spiro atoms. The largest absolute Gasteiger partial charge is 0.507 e. The molecule has 1 aromatic heterocycles. The van der Waals surface area contributed by atoms with E-state index < -0.39 is 11.6 Å². The highest BCUT2D eigenvalue weighted by molar-refractivity contribution is 14.1. The van der Waals surface area contributed by atoms with Crippen LogP contribution in [0.5, 0.6) is 11.5 Å². The van der Waals surface area contributed by atoms with E-state index in [0.717, 1.165) is 0 Å². The second kappa shape index (κ2) is 5.08. The number of benzene rings is 1. The van der Waals surface area contributed by atoms with Crippen LogP contribution < -0.4 is 10.4 Å². The fraction of sp³-hybridized carbons (Fsp3) is 0.167. The molecule has 0 saturated heterocycles. The lowest BCUT2D eigenvalue weighted by atomic mass is 10.1. The molecule has 0 saturated carbocycles. The number of hydrogen-bond acceptors (Lipinski definition) is 6. The minimum atomic E-state index is -0.829. The van der Waals surface area contributed by atoms with E-state index in [-0.39, 0.29) is 16.9 Å². The molecule has 0 aliphatic rings. The molecule has 0 aliphatic heterocycles. The van der Waals surface area contributed by atoms with Gasteiger partial charge < -0.3 is 19.0 Å². The fourth-order valence-corrected chi connectivity index (χ4v) is 2.18. The van der Waals surface area contributed by atoms with Gasteiger partial charge in [0.05, 0.1) is 23.2 Å². The van der Waals surface area contributed by atoms with Gasteiger partial charge in [-0.2, -0.15) is 0 Å². The number of carbonyl (C=O) groups excluding carboxylic acids is 1. The summed E-state index contributed by atoms with van der Waals surface area (Å²) in [5, 5.41) is 10.1. The lowest BCUT2D eigenvalue weighted by molar-refractivity contribution is 0.0596. The monoisotopic (exact) mass is 376 g/mol. The van der Waals surface area contributed by atoms with Crippen LogP contribution in [0.1, 0.15) is 10.4 Å². The van der Waals surface area contributed by atoms with Gasteiger partial charge in [0.25, 0.3) is 0 Å². The number of phenolic OH excluding ortho intramolecular Hbond substituents is 1. The van der Waals surface area contributed by atoms with Crippen molar-refractivity contribution in [1.82, 2.24) is 0 Å². The summed E-state index contributed by atoms with van der Waals surface area (Å²) in [6, 6.07) is 2.71. The van der Waals surface area contributed by atoms with Gasteiger partial charge >= 0.3 is 11.6 Å². The quantitative estimate of drug-likeness (QED) is 0.490. The highest BCUT2D eigenvalue weighted by atomic mass is 127. The van der Waals surface area contributed by atoms with Crippen LogP contribution in [0.3, 0.4) is 0 Å². The molecule has 0 atom stereocenters. The Morgan fingerprint density at radius 3 is 2.63 bits per heavy atom. The number of esters is 1. The Kier molecular flexibility index (Phi) is 3.65. The molecule has 0 radical (unpaired) electrons. The molecule has 100 valence electrons. The number of halogens is 1. The SMILES string of the molecule is COC(=O)c1cc2c(OC)cc(O)c(I)c2oc1=O. The topological polar surface area (TPSA) is 86.0 Å². The average molecular weight is 376 g/mol. The van der Waals surface area contributed by atoms with Crippen molar-refractivity contribution in [3.63, 3.8) is 0 Å². The van der Waals surface area contributed by atoms with E-state index >= 15 is 0 Å². The number of methoxy groups -OCH3 is 2. The molecule has 19 heavy (non-hydrogen) atoms. The molecule has 2 aromatic rings. The molecule has 1 aromatic carbocycles. The first-order valence-corrected chi connectivity index (χ1v) is 6.19. The number of hydrogen-bond donors (Lipinski definition) is 1. The van der Waals surface area contributed by atoms with Crippen LogP contribution in [-0.4, -0.2) is 25.3 Å². The Morgan fingerprint density at radius 1 is 1.37 bits per heavy atom. The van der Waals surface area contributed by atoms with Gasteiger partial charge in [0, 0.05) is 6.07 Å². The van der Waals surface area contributed by atoms with Gasteiger partial charge in [0.2, 0.25) is 0 Å². The number of fused-ring (bicyclic) bond motifs is 1. The van der Waals surface area contributed by atoms with Gasteiger partial charge in [0.15, 0.2) is 5.58 Å². The maximum atomic E-state index is 11.7. The lowest BCUT2D eigenvalue weighted by Gasteiger charge is -2.08. The first-order valence-electron chi connectivity index (χ1n) is 5.11. The molecule has 0 amide bonds. The van der Waals surface area contributed by atoms with Crippen LogP contribution in [0.15, 0.2) is 21.3 Å². The van der Waals surface area contributed by atoms with Crippen LogP contribution in [0.25, 0.3) is 11.0 Å². The Labute approximate surface area is 121 Å². The molecule has 0 unspecified atom stereocenters. The molecule has 7 heteroatoms. The lowest BCUT2D eigenvalue weighted by Crippen LogP contribution is -2.15. The van der Waals surface area contributed by atoms with Gasteiger partial charge in [-0.15, -0.1) is 0 Å². The van der Waals surface area contributed by atoms with Crippen LogP contribution in [0.2, 0.25) is 0 Å². The summed E-state index contributed by atoms with van der Waals surface area (Å²) in [6.45, 7) is 0. The third-order valence-corrected chi connectivity index (χ3v) is 3.57. The first-order chi connectivity index (χ1) is 8.99. The third-order valence-electron chi connectivity index (χ3n) is 2.53. The molecular formula is C12H9IO6. The van der Waals surface area contributed by atoms with Crippen molar-refractivity contribution in [2.75, 3.05) is 14.2 Å². The van der Waals surface area contributed by atoms with Crippen LogP contribution in [0.4, 0.5) is 0 Å². The highest BCUT2D eigenvalue weighted by Gasteiger charge is 2.19. The summed E-state index contributed by atoms with van der Waals surface area (Å²) in [4.78, 5) is 23.2. The van der Waals surface area contributed by atoms with E-state index in [1.807, 2.05) is 22.6 Å². The normalized spacial score (nSPS) is 10.5. The predicted octanol–water partition coefficient (Wildman–Crippen LogP) is 1.90. The standard InChI is InChI=1S/C12H9IO6/c1-17-8-4-7(14)9(13)10-5(8)3-6(11(15)18-2)12(16)19-10/h3-4,14H,1-2H3. The van der Waals surface area contributed by atoms with Crippen molar-refractivity contribution in [3.05, 3.63) is 31.7 Å². The van der Waals surface area contributed by atoms with Crippen LogP contribution in [0, 0.1) is 3.57 Å². The number of ether oxygens (including phenoxy) is 2. The minimum Gasteiger partial charge on any atom is -0.507 e. The average Bonchev–Trinajstić information content (AvgIpc) is 2.41. The zero-order valence-electron chi connectivity index (χ0n) is 10.0. The Bertz CT molecular complexity index is 718. The zero-order chi connectivity index (χ0) is 14.2. The van der Waals surface area contributed by atoms with E-state index in [0.29, 0.717) is 14.7 Å². The number of rotatable bonds is 2.